The van der Waals surface area contributed by atoms with Crippen molar-refractivity contribution in [3.05, 3.63) is 42.5 Å². The van der Waals surface area contributed by atoms with E-state index in [2.05, 4.69) is 28.9 Å². The summed E-state index contributed by atoms with van der Waals surface area (Å²) in [7, 11) is 0. The van der Waals surface area contributed by atoms with Crippen molar-refractivity contribution in [1.29, 1.82) is 0 Å². The number of benzene rings is 1. The third-order valence-corrected chi connectivity index (χ3v) is 10.0. The lowest BCUT2D eigenvalue weighted by Crippen LogP contribution is -2.47. The SMILES string of the molecule is C=CC(C)(C)OC(=O)Nc1ccc([C@@H]2CC(CC(=O)OCC)CC[C@H]2N(CC2CCCCC2)CC2CCCCC2)cc1. The summed E-state index contributed by atoms with van der Waals surface area (Å²) >= 11 is 0. The van der Waals surface area contributed by atoms with Gasteiger partial charge < -0.3 is 9.47 Å². The predicted octanol–water partition coefficient (Wildman–Crippen LogP) is 8.87. The number of nitrogens with one attached hydrogen (secondary N) is 1. The summed E-state index contributed by atoms with van der Waals surface area (Å²) in [5, 5.41) is 2.87. The van der Waals surface area contributed by atoms with E-state index in [0.29, 0.717) is 30.9 Å². The first-order valence-electron chi connectivity index (χ1n) is 16.9. The van der Waals surface area contributed by atoms with Crippen LogP contribution in [0.2, 0.25) is 0 Å². The van der Waals surface area contributed by atoms with Crippen molar-refractivity contribution in [2.45, 2.75) is 128 Å². The number of hydrogen-bond donors (Lipinski definition) is 1. The first-order chi connectivity index (χ1) is 20.3. The van der Waals surface area contributed by atoms with E-state index in [1.807, 2.05) is 32.9 Å². The van der Waals surface area contributed by atoms with Gasteiger partial charge in [-0.25, -0.2) is 4.79 Å². The second kappa shape index (κ2) is 15.9. The number of hydrogen-bond acceptors (Lipinski definition) is 5. The average molecular weight is 581 g/mol. The molecule has 0 heterocycles. The van der Waals surface area contributed by atoms with Gasteiger partial charge in [-0.15, -0.1) is 0 Å². The van der Waals surface area contributed by atoms with Gasteiger partial charge in [0.15, 0.2) is 0 Å². The molecule has 0 spiro atoms. The molecule has 1 amide bonds. The number of esters is 1. The number of nitrogens with zero attached hydrogens (tertiary/aromatic N) is 1. The van der Waals surface area contributed by atoms with E-state index in [-0.39, 0.29) is 5.97 Å². The summed E-state index contributed by atoms with van der Waals surface area (Å²) in [4.78, 5) is 27.8. The smallest absolute Gasteiger partial charge is 0.412 e. The van der Waals surface area contributed by atoms with Crippen LogP contribution < -0.4 is 5.32 Å². The van der Waals surface area contributed by atoms with Crippen LogP contribution in [0.15, 0.2) is 36.9 Å². The molecule has 1 N–H and O–H groups in total. The van der Waals surface area contributed by atoms with Gasteiger partial charge in [0.25, 0.3) is 0 Å². The number of rotatable bonds is 12. The second-order valence-corrected chi connectivity index (χ2v) is 13.8. The van der Waals surface area contributed by atoms with Crippen LogP contribution in [0.25, 0.3) is 0 Å². The van der Waals surface area contributed by atoms with E-state index < -0.39 is 11.7 Å². The summed E-state index contributed by atoms with van der Waals surface area (Å²) in [5.74, 6) is 2.23. The van der Waals surface area contributed by atoms with Crippen LogP contribution in [0.1, 0.15) is 122 Å². The molecular formula is C36H56N2O4. The van der Waals surface area contributed by atoms with Gasteiger partial charge >= 0.3 is 12.1 Å². The summed E-state index contributed by atoms with van der Waals surface area (Å²) in [5.41, 5.74) is 1.30. The summed E-state index contributed by atoms with van der Waals surface area (Å²) in [6.07, 6.45) is 18.6. The molecule has 3 aliphatic carbocycles. The topological polar surface area (TPSA) is 67.9 Å². The molecule has 4 rings (SSSR count). The highest BCUT2D eigenvalue weighted by Gasteiger charge is 2.38. The number of anilines is 1. The highest BCUT2D eigenvalue weighted by atomic mass is 16.6. The van der Waals surface area contributed by atoms with Crippen LogP contribution in [0.4, 0.5) is 10.5 Å². The summed E-state index contributed by atoms with van der Waals surface area (Å²) < 4.78 is 10.8. The minimum absolute atomic E-state index is 0.0681. The molecule has 0 radical (unpaired) electrons. The van der Waals surface area contributed by atoms with E-state index in [0.717, 1.165) is 36.8 Å². The van der Waals surface area contributed by atoms with Crippen molar-refractivity contribution in [2.24, 2.45) is 17.8 Å². The minimum Gasteiger partial charge on any atom is -0.466 e. The summed E-state index contributed by atoms with van der Waals surface area (Å²) in [6, 6.07) is 8.83. The number of carbonyl (C=O) groups excluding carboxylic acids is 2. The zero-order chi connectivity index (χ0) is 30.0. The van der Waals surface area contributed by atoms with Gasteiger partial charge in [0, 0.05) is 31.2 Å². The fraction of sp³-hybridized carbons (Fsp3) is 0.722. The molecule has 6 nitrogen and oxygen atoms in total. The molecule has 0 bridgehead atoms. The van der Waals surface area contributed by atoms with Crippen LogP contribution in [-0.4, -0.2) is 48.3 Å². The molecule has 3 fully saturated rings. The molecule has 0 aromatic heterocycles. The van der Waals surface area contributed by atoms with E-state index >= 15 is 0 Å². The van der Waals surface area contributed by atoms with Crippen molar-refractivity contribution in [3.63, 3.8) is 0 Å². The van der Waals surface area contributed by atoms with Crippen molar-refractivity contribution in [3.8, 4) is 0 Å². The maximum absolute atomic E-state index is 12.5. The fourth-order valence-corrected chi connectivity index (χ4v) is 7.66. The quantitative estimate of drug-likeness (QED) is 0.198. The lowest BCUT2D eigenvalue weighted by atomic mass is 9.72. The van der Waals surface area contributed by atoms with Gasteiger partial charge in [-0.05, 0) is 113 Å². The van der Waals surface area contributed by atoms with Crippen molar-refractivity contribution in [2.75, 3.05) is 25.0 Å². The zero-order valence-electron chi connectivity index (χ0n) is 26.6. The molecule has 1 aromatic carbocycles. The Bertz CT molecular complexity index is 974. The molecule has 1 aromatic rings. The monoisotopic (exact) mass is 580 g/mol. The largest absolute Gasteiger partial charge is 0.466 e. The molecule has 3 saturated carbocycles. The Balaban J connectivity index is 1.54. The molecule has 234 valence electrons. The molecule has 0 saturated heterocycles. The molecule has 42 heavy (non-hydrogen) atoms. The highest BCUT2D eigenvalue weighted by Crippen LogP contribution is 2.42. The molecule has 3 aliphatic rings. The van der Waals surface area contributed by atoms with Crippen molar-refractivity contribution in [1.82, 2.24) is 4.90 Å². The Hall–Kier alpha value is -2.34. The number of carbonyl (C=O) groups is 2. The Morgan fingerprint density at radius 1 is 0.905 bits per heavy atom. The standard InChI is InChI=1S/C36H56N2O4/c1-5-36(3,4)42-35(40)37-31-20-18-30(19-21-31)32-23-29(24-34(39)41-6-2)17-22-33(32)38(25-27-13-9-7-10-14-27)26-28-15-11-8-12-16-28/h5,18-21,27-29,32-33H,1,6-17,22-26H2,2-4H3,(H,37,40)/t29?,32-,33+/m0/s1. The maximum atomic E-state index is 12.5. The van der Waals surface area contributed by atoms with Crippen LogP contribution in [-0.2, 0) is 14.3 Å². The van der Waals surface area contributed by atoms with Gasteiger partial charge in [0.1, 0.15) is 5.60 Å². The van der Waals surface area contributed by atoms with E-state index in [9.17, 15) is 9.59 Å². The predicted molar refractivity (Wildman–Crippen MR) is 171 cm³/mol. The molecule has 3 atom stereocenters. The molecule has 6 heteroatoms. The second-order valence-electron chi connectivity index (χ2n) is 13.8. The third-order valence-electron chi connectivity index (χ3n) is 10.0. The third kappa shape index (κ3) is 9.86. The van der Waals surface area contributed by atoms with Crippen molar-refractivity contribution >= 4 is 17.7 Å². The van der Waals surface area contributed by atoms with Crippen LogP contribution in [0.5, 0.6) is 0 Å². The normalized spacial score (nSPS) is 24.2. The van der Waals surface area contributed by atoms with Gasteiger partial charge in [0.2, 0.25) is 0 Å². The van der Waals surface area contributed by atoms with E-state index in [4.69, 9.17) is 9.47 Å². The van der Waals surface area contributed by atoms with E-state index in [1.165, 1.54) is 82.9 Å². The first kappa shape index (κ1) is 32.6. The van der Waals surface area contributed by atoms with Crippen molar-refractivity contribution < 1.29 is 19.1 Å². The lowest BCUT2D eigenvalue weighted by Gasteiger charge is -2.46. The number of amides is 1. The zero-order valence-corrected chi connectivity index (χ0v) is 26.6. The fourth-order valence-electron chi connectivity index (χ4n) is 7.66. The lowest BCUT2D eigenvalue weighted by molar-refractivity contribution is -0.144. The van der Waals surface area contributed by atoms with Gasteiger partial charge in [0.05, 0.1) is 6.61 Å². The van der Waals surface area contributed by atoms with Gasteiger partial charge in [-0.1, -0.05) is 57.2 Å². The van der Waals surface area contributed by atoms with Gasteiger partial charge in [-0.2, -0.15) is 0 Å². The van der Waals surface area contributed by atoms with Crippen LogP contribution in [0, 0.1) is 17.8 Å². The first-order valence-corrected chi connectivity index (χ1v) is 16.9. The Kier molecular flexibility index (Phi) is 12.4. The van der Waals surface area contributed by atoms with E-state index in [1.54, 1.807) is 6.08 Å². The van der Waals surface area contributed by atoms with Crippen LogP contribution >= 0.6 is 0 Å². The Morgan fingerprint density at radius 3 is 2.05 bits per heavy atom. The molecule has 1 unspecified atom stereocenters. The van der Waals surface area contributed by atoms with Crippen LogP contribution in [0.3, 0.4) is 0 Å². The summed E-state index contributed by atoms with van der Waals surface area (Å²) in [6.45, 7) is 12.1. The molecule has 0 aliphatic heterocycles. The average Bonchev–Trinajstić information content (AvgIpc) is 2.98. The number of ether oxygens (including phenoxy) is 2. The highest BCUT2D eigenvalue weighted by molar-refractivity contribution is 5.85. The van der Waals surface area contributed by atoms with Gasteiger partial charge in [-0.3, -0.25) is 15.0 Å². The maximum Gasteiger partial charge on any atom is 0.412 e. The Morgan fingerprint density at radius 2 is 1.50 bits per heavy atom. The molecular weight excluding hydrogens is 524 g/mol. The Labute approximate surface area is 255 Å². The minimum atomic E-state index is -0.729.